The summed E-state index contributed by atoms with van der Waals surface area (Å²) in [5.41, 5.74) is 1.46. The number of pyridine rings is 1. The van der Waals surface area contributed by atoms with E-state index in [9.17, 15) is 4.79 Å². The number of nitrogens with zero attached hydrogens (tertiary/aromatic N) is 1. The van der Waals surface area contributed by atoms with E-state index in [1.54, 1.807) is 6.20 Å². The first-order valence-electron chi connectivity index (χ1n) is 6.34. The van der Waals surface area contributed by atoms with Gasteiger partial charge in [-0.3, -0.25) is 9.78 Å². The highest BCUT2D eigenvalue weighted by atomic mass is 35.5. The summed E-state index contributed by atoms with van der Waals surface area (Å²) in [7, 11) is 0. The number of carbonyl (C=O) groups excluding carboxylic acids is 1. The molecule has 0 saturated carbocycles. The summed E-state index contributed by atoms with van der Waals surface area (Å²) in [6.45, 7) is 4.08. The largest absolute Gasteiger partial charge is 0.348 e. The number of halogens is 1. The monoisotopic (exact) mass is 276 g/mol. The summed E-state index contributed by atoms with van der Waals surface area (Å²) in [6.07, 6.45) is 1.72. The van der Waals surface area contributed by atoms with Gasteiger partial charge in [0.15, 0.2) is 0 Å². The van der Waals surface area contributed by atoms with Crippen LogP contribution >= 0.6 is 11.6 Å². The highest BCUT2D eigenvalue weighted by Gasteiger charge is 2.17. The quantitative estimate of drug-likeness (QED) is 0.871. The van der Waals surface area contributed by atoms with Gasteiger partial charge in [0.05, 0.1) is 5.52 Å². The third-order valence-electron chi connectivity index (χ3n) is 3.18. The van der Waals surface area contributed by atoms with Crippen LogP contribution in [-0.4, -0.2) is 22.8 Å². The van der Waals surface area contributed by atoms with E-state index in [2.05, 4.69) is 10.3 Å². The molecule has 4 heteroatoms. The van der Waals surface area contributed by atoms with Crippen LogP contribution in [0, 0.1) is 5.92 Å². The number of amides is 1. The molecule has 1 amide bonds. The Kier molecular flexibility index (Phi) is 4.38. The van der Waals surface area contributed by atoms with Crippen molar-refractivity contribution in [2.24, 2.45) is 5.92 Å². The van der Waals surface area contributed by atoms with Crippen molar-refractivity contribution in [3.8, 4) is 0 Å². The number of benzene rings is 1. The first kappa shape index (κ1) is 13.8. The average molecular weight is 277 g/mol. The van der Waals surface area contributed by atoms with Crippen LogP contribution in [-0.2, 0) is 0 Å². The molecule has 0 radical (unpaired) electrons. The summed E-state index contributed by atoms with van der Waals surface area (Å²) in [5.74, 6) is 0.611. The Labute approximate surface area is 118 Å². The molecule has 1 N–H and O–H groups in total. The van der Waals surface area contributed by atoms with Gasteiger partial charge >= 0.3 is 0 Å². The van der Waals surface area contributed by atoms with Crippen LogP contribution in [0.2, 0.25) is 0 Å². The van der Waals surface area contributed by atoms with Crippen LogP contribution < -0.4 is 5.32 Å². The SMILES string of the molecule is CC(C)C(CCl)NC(=O)c1cccc2ncccc12. The fourth-order valence-corrected chi connectivity index (χ4v) is 2.36. The number of hydrogen-bond acceptors (Lipinski definition) is 2. The molecule has 2 aromatic rings. The van der Waals surface area contributed by atoms with E-state index in [4.69, 9.17) is 11.6 Å². The summed E-state index contributed by atoms with van der Waals surface area (Å²) >= 11 is 5.89. The molecule has 0 aliphatic heterocycles. The molecular formula is C15H17ClN2O. The van der Waals surface area contributed by atoms with Gasteiger partial charge in [0, 0.05) is 29.1 Å². The Morgan fingerprint density at radius 2 is 2.11 bits per heavy atom. The molecule has 1 atom stereocenters. The second-order valence-electron chi connectivity index (χ2n) is 4.85. The maximum atomic E-state index is 12.3. The van der Waals surface area contributed by atoms with E-state index in [0.29, 0.717) is 17.4 Å². The molecule has 0 saturated heterocycles. The normalized spacial score (nSPS) is 12.6. The highest BCUT2D eigenvalue weighted by Crippen LogP contribution is 2.17. The van der Waals surface area contributed by atoms with Crippen LogP contribution in [0.1, 0.15) is 24.2 Å². The van der Waals surface area contributed by atoms with Crippen molar-refractivity contribution in [1.29, 1.82) is 0 Å². The molecule has 100 valence electrons. The third-order valence-corrected chi connectivity index (χ3v) is 3.51. The predicted octanol–water partition coefficient (Wildman–Crippen LogP) is 3.23. The van der Waals surface area contributed by atoms with Gasteiger partial charge in [0.2, 0.25) is 0 Å². The topological polar surface area (TPSA) is 42.0 Å². The molecule has 3 nitrogen and oxygen atoms in total. The number of alkyl halides is 1. The van der Waals surface area contributed by atoms with Gasteiger partial charge in [-0.15, -0.1) is 11.6 Å². The molecule has 19 heavy (non-hydrogen) atoms. The Morgan fingerprint density at radius 3 is 2.79 bits per heavy atom. The van der Waals surface area contributed by atoms with Crippen LogP contribution in [0.3, 0.4) is 0 Å². The standard InChI is InChI=1S/C15H17ClN2O/c1-10(2)14(9-16)18-15(19)12-5-3-7-13-11(12)6-4-8-17-13/h3-8,10,14H,9H2,1-2H3,(H,18,19). The van der Waals surface area contributed by atoms with Gasteiger partial charge in [0.25, 0.3) is 5.91 Å². The predicted molar refractivity (Wildman–Crippen MR) is 78.6 cm³/mol. The molecule has 0 aliphatic rings. The minimum absolute atomic E-state index is 0.0268. The fraction of sp³-hybridized carbons (Fsp3) is 0.333. The summed E-state index contributed by atoms with van der Waals surface area (Å²) in [5, 5.41) is 3.84. The smallest absolute Gasteiger partial charge is 0.252 e. The lowest BCUT2D eigenvalue weighted by atomic mass is 10.0. The molecule has 1 unspecified atom stereocenters. The molecule has 1 heterocycles. The Balaban J connectivity index is 2.31. The number of nitrogens with one attached hydrogen (secondary N) is 1. The Morgan fingerprint density at radius 1 is 1.32 bits per heavy atom. The van der Waals surface area contributed by atoms with Crippen molar-refractivity contribution in [3.63, 3.8) is 0 Å². The number of fused-ring (bicyclic) bond motifs is 1. The zero-order valence-electron chi connectivity index (χ0n) is 11.1. The van der Waals surface area contributed by atoms with Crippen LogP contribution in [0.25, 0.3) is 10.9 Å². The van der Waals surface area contributed by atoms with E-state index < -0.39 is 0 Å². The molecule has 1 aromatic carbocycles. The summed E-state index contributed by atoms with van der Waals surface area (Å²) in [4.78, 5) is 16.6. The van der Waals surface area contributed by atoms with E-state index in [1.807, 2.05) is 44.2 Å². The lowest BCUT2D eigenvalue weighted by Crippen LogP contribution is -2.39. The highest BCUT2D eigenvalue weighted by molar-refractivity contribution is 6.18. The van der Waals surface area contributed by atoms with Crippen molar-refractivity contribution in [1.82, 2.24) is 10.3 Å². The fourth-order valence-electron chi connectivity index (χ4n) is 1.93. The van der Waals surface area contributed by atoms with Crippen LogP contribution in [0.4, 0.5) is 0 Å². The van der Waals surface area contributed by atoms with E-state index in [-0.39, 0.29) is 11.9 Å². The maximum Gasteiger partial charge on any atom is 0.252 e. The van der Waals surface area contributed by atoms with Crippen LogP contribution in [0.5, 0.6) is 0 Å². The minimum Gasteiger partial charge on any atom is -0.348 e. The lowest BCUT2D eigenvalue weighted by molar-refractivity contribution is 0.0933. The van der Waals surface area contributed by atoms with Crippen LogP contribution in [0.15, 0.2) is 36.5 Å². The molecule has 0 aliphatic carbocycles. The van der Waals surface area contributed by atoms with Crippen molar-refractivity contribution in [2.45, 2.75) is 19.9 Å². The zero-order valence-corrected chi connectivity index (χ0v) is 11.8. The second-order valence-corrected chi connectivity index (χ2v) is 5.16. The van der Waals surface area contributed by atoms with Gasteiger partial charge in [-0.25, -0.2) is 0 Å². The van der Waals surface area contributed by atoms with Crippen molar-refractivity contribution in [2.75, 3.05) is 5.88 Å². The summed E-state index contributed by atoms with van der Waals surface area (Å²) < 4.78 is 0. The minimum atomic E-state index is -0.0991. The van der Waals surface area contributed by atoms with Gasteiger partial charge in [-0.05, 0) is 24.1 Å². The average Bonchev–Trinajstić information content (AvgIpc) is 2.43. The molecular weight excluding hydrogens is 260 g/mol. The lowest BCUT2D eigenvalue weighted by Gasteiger charge is -2.20. The number of carbonyl (C=O) groups is 1. The van der Waals surface area contributed by atoms with Gasteiger partial charge < -0.3 is 5.32 Å². The number of aromatic nitrogens is 1. The van der Waals surface area contributed by atoms with Gasteiger partial charge in [-0.2, -0.15) is 0 Å². The molecule has 2 rings (SSSR count). The Bertz CT molecular complexity index is 578. The molecule has 1 aromatic heterocycles. The van der Waals surface area contributed by atoms with E-state index >= 15 is 0 Å². The molecule has 0 bridgehead atoms. The van der Waals surface area contributed by atoms with Crippen molar-refractivity contribution < 1.29 is 4.79 Å². The third kappa shape index (κ3) is 3.04. The van der Waals surface area contributed by atoms with Gasteiger partial charge in [0.1, 0.15) is 0 Å². The second kappa shape index (κ2) is 6.02. The van der Waals surface area contributed by atoms with E-state index in [0.717, 1.165) is 10.9 Å². The van der Waals surface area contributed by atoms with Crippen molar-refractivity contribution >= 4 is 28.4 Å². The Hall–Kier alpha value is -1.61. The maximum absolute atomic E-state index is 12.3. The first-order valence-corrected chi connectivity index (χ1v) is 6.87. The number of hydrogen-bond donors (Lipinski definition) is 1. The molecule has 0 fully saturated rings. The number of rotatable bonds is 4. The zero-order chi connectivity index (χ0) is 13.8. The van der Waals surface area contributed by atoms with Crippen molar-refractivity contribution in [3.05, 3.63) is 42.1 Å². The summed E-state index contributed by atoms with van der Waals surface area (Å²) in [6, 6.07) is 9.26. The van der Waals surface area contributed by atoms with E-state index in [1.165, 1.54) is 0 Å². The van der Waals surface area contributed by atoms with Gasteiger partial charge in [-0.1, -0.05) is 26.0 Å². The first-order chi connectivity index (χ1) is 9.13. The molecule has 0 spiro atoms.